The minimum Gasteiger partial charge on any atom is -0.756 e. The number of carbonyl (C=O) groups is 2. The normalized spacial score (nSPS) is 13.6. The average molecular weight is 1230 g/mol. The smallest absolute Gasteiger partial charge is 0.306 e. The van der Waals surface area contributed by atoms with E-state index in [4.69, 9.17) is 13.8 Å². The molecule has 0 aromatic carbocycles. The van der Waals surface area contributed by atoms with Crippen molar-refractivity contribution in [2.75, 3.05) is 40.9 Å². The maximum atomic E-state index is 13.6. The summed E-state index contributed by atoms with van der Waals surface area (Å²) in [6.07, 6.45) is 82.8. The second-order valence-corrected chi connectivity index (χ2v) is 28.6. The van der Waals surface area contributed by atoms with Gasteiger partial charge in [0.2, 0.25) is 5.91 Å². The number of esters is 1. The predicted octanol–water partition coefficient (Wildman–Crippen LogP) is 23.6. The van der Waals surface area contributed by atoms with Crippen LogP contribution < -0.4 is 10.2 Å². The van der Waals surface area contributed by atoms with Crippen LogP contribution >= 0.6 is 7.82 Å². The molecule has 0 aliphatic rings. The lowest BCUT2D eigenvalue weighted by Crippen LogP contribution is -2.47. The number of ether oxygens (including phenoxy) is 1. The van der Waals surface area contributed by atoms with Gasteiger partial charge in [-0.25, -0.2) is 0 Å². The highest BCUT2D eigenvalue weighted by Gasteiger charge is 2.27. The average Bonchev–Trinajstić information content (AvgIpc) is 3.69. The van der Waals surface area contributed by atoms with Gasteiger partial charge in [-0.3, -0.25) is 14.2 Å². The highest BCUT2D eigenvalue weighted by molar-refractivity contribution is 7.45. The molecule has 3 atom stereocenters. The number of rotatable bonds is 70. The van der Waals surface area contributed by atoms with Crippen molar-refractivity contribution in [3.05, 3.63) is 36.5 Å². The predicted molar refractivity (Wildman–Crippen MR) is 372 cm³/mol. The van der Waals surface area contributed by atoms with Gasteiger partial charge in [0.1, 0.15) is 19.3 Å². The van der Waals surface area contributed by atoms with Crippen LogP contribution in [0.2, 0.25) is 0 Å². The van der Waals surface area contributed by atoms with E-state index in [9.17, 15) is 19.0 Å². The highest BCUT2D eigenvalue weighted by atomic mass is 31.2. The molecule has 1 amide bonds. The van der Waals surface area contributed by atoms with Crippen molar-refractivity contribution in [1.29, 1.82) is 0 Å². The Morgan fingerprint density at radius 2 is 0.709 bits per heavy atom. The summed E-state index contributed by atoms with van der Waals surface area (Å²) in [5.74, 6) is -0.519. The molecule has 0 saturated heterocycles. The van der Waals surface area contributed by atoms with E-state index in [2.05, 4.69) is 50.4 Å². The standard InChI is InChI=1S/C76H147N2O7P/c1-7-10-13-16-19-22-25-28-30-32-34-36-38-39-41-42-44-46-48-50-53-56-59-62-65-68-75(79)77-73(72-84-86(81,82)83-71-70-78(4,5)6)74(67-64-61-58-55-52-27-24-21-18-15-12-9-3)85-76(80)69-66-63-60-57-54-51-49-47-45-43-40-37-35-33-31-29-26-23-20-17-14-11-8-2/h20,23,29,31,64,67,73-74H,7-19,21-22,24-28,30,32-63,65-66,68-72H2,1-6H3,(H-,77,79,81,82)/b23-20-,31-29-,67-64+. The molecule has 0 fully saturated rings. The van der Waals surface area contributed by atoms with Crippen molar-refractivity contribution in [1.82, 2.24) is 5.32 Å². The summed E-state index contributed by atoms with van der Waals surface area (Å²) in [5, 5.41) is 3.06. The van der Waals surface area contributed by atoms with Gasteiger partial charge in [0, 0.05) is 12.8 Å². The number of unbranched alkanes of at least 4 members (excludes halogenated alkanes) is 50. The summed E-state index contributed by atoms with van der Waals surface area (Å²) < 4.78 is 30.5. The third-order valence-electron chi connectivity index (χ3n) is 17.3. The molecule has 0 bridgehead atoms. The zero-order chi connectivity index (χ0) is 62.8. The number of quaternary nitrogens is 1. The van der Waals surface area contributed by atoms with Crippen molar-refractivity contribution in [2.45, 2.75) is 399 Å². The zero-order valence-corrected chi connectivity index (χ0v) is 59.2. The largest absolute Gasteiger partial charge is 0.756 e. The lowest BCUT2D eigenvalue weighted by molar-refractivity contribution is -0.870. The van der Waals surface area contributed by atoms with Gasteiger partial charge in [-0.1, -0.05) is 347 Å². The number of nitrogens with one attached hydrogen (secondary N) is 1. The van der Waals surface area contributed by atoms with E-state index >= 15 is 0 Å². The van der Waals surface area contributed by atoms with Crippen molar-refractivity contribution in [3.63, 3.8) is 0 Å². The van der Waals surface area contributed by atoms with Gasteiger partial charge in [-0.05, 0) is 63.9 Å². The lowest BCUT2D eigenvalue weighted by atomic mass is 10.0. The van der Waals surface area contributed by atoms with E-state index < -0.39 is 20.0 Å². The molecule has 0 spiro atoms. The molecule has 508 valence electrons. The molecule has 10 heteroatoms. The number of nitrogens with zero attached hydrogens (tertiary/aromatic N) is 1. The fourth-order valence-corrected chi connectivity index (χ4v) is 12.2. The monoisotopic (exact) mass is 1230 g/mol. The van der Waals surface area contributed by atoms with Gasteiger partial charge < -0.3 is 28.5 Å². The molecule has 0 radical (unpaired) electrons. The Hall–Kier alpha value is -1.77. The SMILES string of the molecule is CCCCC/C=C\C/C=C\CCCCCCCCCCCCCCCC(=O)OC(/C=C/CCCCCCCCCCCC)C(COP(=O)([O-])OCC[N+](C)(C)C)NC(=O)CCCCCCCCCCCCCCCCCCCCCCCCCCC. The Bertz CT molecular complexity index is 1560. The zero-order valence-electron chi connectivity index (χ0n) is 58.3. The molecule has 9 nitrogen and oxygen atoms in total. The van der Waals surface area contributed by atoms with Crippen LogP contribution in [0.25, 0.3) is 0 Å². The number of carbonyl (C=O) groups excluding carboxylic acids is 2. The molecule has 1 N–H and O–H groups in total. The summed E-state index contributed by atoms with van der Waals surface area (Å²) in [6.45, 7) is 6.89. The first kappa shape index (κ1) is 84.2. The van der Waals surface area contributed by atoms with Crippen molar-refractivity contribution in [3.8, 4) is 0 Å². The third kappa shape index (κ3) is 66.6. The van der Waals surface area contributed by atoms with Gasteiger partial charge in [0.25, 0.3) is 7.82 Å². The number of hydrogen-bond donors (Lipinski definition) is 1. The summed E-state index contributed by atoms with van der Waals surface area (Å²) in [6, 6.07) is -0.885. The number of likely N-dealkylation sites (N-methyl/N-ethyl adjacent to an activating group) is 1. The van der Waals surface area contributed by atoms with E-state index in [1.165, 1.54) is 289 Å². The van der Waals surface area contributed by atoms with Crippen molar-refractivity contribution in [2.24, 2.45) is 0 Å². The second-order valence-electron chi connectivity index (χ2n) is 27.2. The van der Waals surface area contributed by atoms with Crippen LogP contribution in [0.4, 0.5) is 0 Å². The van der Waals surface area contributed by atoms with Crippen molar-refractivity contribution >= 4 is 19.7 Å². The van der Waals surface area contributed by atoms with Crippen LogP contribution in [0.5, 0.6) is 0 Å². The van der Waals surface area contributed by atoms with E-state index in [1.807, 2.05) is 33.3 Å². The van der Waals surface area contributed by atoms with E-state index in [-0.39, 0.29) is 31.5 Å². The molecule has 0 aliphatic heterocycles. The molecular formula is C76H147N2O7P. The Labute approximate surface area is 536 Å². The van der Waals surface area contributed by atoms with Crippen LogP contribution in [-0.4, -0.2) is 69.4 Å². The summed E-state index contributed by atoms with van der Waals surface area (Å²) >= 11 is 0. The summed E-state index contributed by atoms with van der Waals surface area (Å²) in [4.78, 5) is 40.3. The first-order valence-electron chi connectivity index (χ1n) is 37.8. The third-order valence-corrected chi connectivity index (χ3v) is 18.3. The minimum absolute atomic E-state index is 0.0190. The number of amides is 1. The molecule has 0 rings (SSSR count). The van der Waals surface area contributed by atoms with Gasteiger partial charge >= 0.3 is 5.97 Å². The van der Waals surface area contributed by atoms with Gasteiger partial charge in [0.05, 0.1) is 33.8 Å². The van der Waals surface area contributed by atoms with Crippen LogP contribution in [0.1, 0.15) is 387 Å². The van der Waals surface area contributed by atoms with Crippen LogP contribution in [-0.2, 0) is 27.9 Å². The summed E-state index contributed by atoms with van der Waals surface area (Å²) in [5.41, 5.74) is 0. The molecule has 0 aromatic heterocycles. The number of allylic oxidation sites excluding steroid dienone is 5. The van der Waals surface area contributed by atoms with E-state index in [0.29, 0.717) is 17.4 Å². The Morgan fingerprint density at radius 1 is 0.407 bits per heavy atom. The number of phosphoric ester groups is 1. The van der Waals surface area contributed by atoms with Crippen molar-refractivity contribution < 1.29 is 37.3 Å². The molecule has 0 heterocycles. The first-order valence-corrected chi connectivity index (χ1v) is 39.3. The van der Waals surface area contributed by atoms with E-state index in [0.717, 1.165) is 64.2 Å². The molecule has 3 unspecified atom stereocenters. The molecular weight excluding hydrogens is 1080 g/mol. The Kier molecular flexibility index (Phi) is 64.8. The lowest BCUT2D eigenvalue weighted by Gasteiger charge is -2.30. The first-order chi connectivity index (χ1) is 41.9. The highest BCUT2D eigenvalue weighted by Crippen LogP contribution is 2.38. The number of phosphoric acid groups is 1. The van der Waals surface area contributed by atoms with Crippen LogP contribution in [0.15, 0.2) is 36.5 Å². The fourth-order valence-electron chi connectivity index (χ4n) is 11.5. The molecule has 0 saturated carbocycles. The Morgan fingerprint density at radius 3 is 1.07 bits per heavy atom. The van der Waals surface area contributed by atoms with Gasteiger partial charge in [-0.15, -0.1) is 0 Å². The summed E-state index contributed by atoms with van der Waals surface area (Å²) in [7, 11) is 1.21. The molecule has 86 heavy (non-hydrogen) atoms. The topological polar surface area (TPSA) is 114 Å². The number of hydrogen-bond acceptors (Lipinski definition) is 7. The minimum atomic E-state index is -4.70. The quantitative estimate of drug-likeness (QED) is 0.0212. The maximum absolute atomic E-state index is 13.6. The van der Waals surface area contributed by atoms with E-state index in [1.54, 1.807) is 0 Å². The maximum Gasteiger partial charge on any atom is 0.306 e. The van der Waals surface area contributed by atoms with Crippen LogP contribution in [0, 0.1) is 0 Å². The van der Waals surface area contributed by atoms with Gasteiger partial charge in [0.15, 0.2) is 0 Å². The second kappa shape index (κ2) is 66.2. The molecule has 0 aliphatic carbocycles. The van der Waals surface area contributed by atoms with Crippen LogP contribution in [0.3, 0.4) is 0 Å². The van der Waals surface area contributed by atoms with Gasteiger partial charge in [-0.2, -0.15) is 0 Å². The molecule has 0 aromatic rings. The fraction of sp³-hybridized carbons (Fsp3) is 0.895. The Balaban J connectivity index is 4.96.